The van der Waals surface area contributed by atoms with Crippen molar-refractivity contribution in [2.45, 2.75) is 90.8 Å². The van der Waals surface area contributed by atoms with Gasteiger partial charge in [-0.2, -0.15) is 0 Å². The van der Waals surface area contributed by atoms with Crippen LogP contribution >= 0.6 is 0 Å². The summed E-state index contributed by atoms with van der Waals surface area (Å²) in [7, 11) is 0. The first-order chi connectivity index (χ1) is 9.63. The number of nitrogens with zero attached hydrogens (tertiary/aromatic N) is 1. The highest BCUT2D eigenvalue weighted by Crippen LogP contribution is 2.29. The molecule has 1 aliphatic carbocycles. The van der Waals surface area contributed by atoms with Gasteiger partial charge in [0.2, 0.25) is 0 Å². The van der Waals surface area contributed by atoms with Crippen molar-refractivity contribution >= 4 is 0 Å². The summed E-state index contributed by atoms with van der Waals surface area (Å²) in [4.78, 5) is 2.92. The van der Waals surface area contributed by atoms with Gasteiger partial charge in [0.15, 0.2) is 0 Å². The van der Waals surface area contributed by atoms with E-state index in [9.17, 15) is 0 Å². The SMILES string of the molecule is CCC(C)C1CNC(C(C)C)CN1C1CCCCCC1. The van der Waals surface area contributed by atoms with E-state index in [4.69, 9.17) is 0 Å². The van der Waals surface area contributed by atoms with Crippen molar-refractivity contribution in [3.8, 4) is 0 Å². The zero-order valence-electron chi connectivity index (χ0n) is 14.2. The second kappa shape index (κ2) is 7.79. The maximum atomic E-state index is 3.83. The van der Waals surface area contributed by atoms with Gasteiger partial charge in [-0.05, 0) is 24.7 Å². The molecule has 1 aliphatic heterocycles. The maximum Gasteiger partial charge on any atom is 0.0249 e. The normalized spacial score (nSPS) is 32.2. The molecule has 0 radical (unpaired) electrons. The van der Waals surface area contributed by atoms with E-state index >= 15 is 0 Å². The molecule has 0 aromatic rings. The third kappa shape index (κ3) is 3.98. The van der Waals surface area contributed by atoms with Crippen LogP contribution < -0.4 is 5.32 Å². The lowest BCUT2D eigenvalue weighted by atomic mass is 9.89. The van der Waals surface area contributed by atoms with Crippen LogP contribution in [0, 0.1) is 11.8 Å². The molecule has 3 unspecified atom stereocenters. The smallest absolute Gasteiger partial charge is 0.0249 e. The first-order valence-corrected chi connectivity index (χ1v) is 9.12. The van der Waals surface area contributed by atoms with Gasteiger partial charge in [-0.15, -0.1) is 0 Å². The molecule has 2 fully saturated rings. The van der Waals surface area contributed by atoms with E-state index in [0.29, 0.717) is 6.04 Å². The Morgan fingerprint density at radius 1 is 1.05 bits per heavy atom. The Kier molecular flexibility index (Phi) is 6.35. The summed E-state index contributed by atoms with van der Waals surface area (Å²) in [5, 5.41) is 3.83. The number of rotatable bonds is 4. The average Bonchev–Trinajstić information content (AvgIpc) is 2.74. The topological polar surface area (TPSA) is 15.3 Å². The standard InChI is InChI=1S/C18H36N2/c1-5-15(4)18-12-19-17(14(2)3)13-20(18)16-10-8-6-7-9-11-16/h14-19H,5-13H2,1-4H3. The van der Waals surface area contributed by atoms with Gasteiger partial charge in [0.25, 0.3) is 0 Å². The Balaban J connectivity index is 2.07. The summed E-state index contributed by atoms with van der Waals surface area (Å²) in [5.41, 5.74) is 0. The van der Waals surface area contributed by atoms with Crippen molar-refractivity contribution < 1.29 is 0 Å². The van der Waals surface area contributed by atoms with Gasteiger partial charge in [0.05, 0.1) is 0 Å². The highest BCUT2D eigenvalue weighted by molar-refractivity contribution is 4.93. The van der Waals surface area contributed by atoms with Crippen molar-refractivity contribution in [1.82, 2.24) is 10.2 Å². The highest BCUT2D eigenvalue weighted by atomic mass is 15.3. The summed E-state index contributed by atoms with van der Waals surface area (Å²) in [5.74, 6) is 1.57. The van der Waals surface area contributed by atoms with Crippen molar-refractivity contribution in [3.63, 3.8) is 0 Å². The number of hydrogen-bond donors (Lipinski definition) is 1. The minimum absolute atomic E-state index is 0.693. The van der Waals surface area contributed by atoms with Crippen LogP contribution in [0.4, 0.5) is 0 Å². The molecule has 0 aromatic heterocycles. The predicted octanol–water partition coefficient (Wildman–Crippen LogP) is 4.05. The first kappa shape index (κ1) is 16.3. The number of piperazine rings is 1. The van der Waals surface area contributed by atoms with Crippen LogP contribution in [-0.4, -0.2) is 36.1 Å². The van der Waals surface area contributed by atoms with Crippen LogP contribution in [0.1, 0.15) is 72.6 Å². The van der Waals surface area contributed by atoms with Crippen molar-refractivity contribution in [3.05, 3.63) is 0 Å². The first-order valence-electron chi connectivity index (χ1n) is 9.12. The van der Waals surface area contributed by atoms with Crippen molar-refractivity contribution in [1.29, 1.82) is 0 Å². The van der Waals surface area contributed by atoms with Crippen LogP contribution in [0.3, 0.4) is 0 Å². The van der Waals surface area contributed by atoms with Crippen molar-refractivity contribution in [2.24, 2.45) is 11.8 Å². The molecule has 1 saturated heterocycles. The van der Waals surface area contributed by atoms with Gasteiger partial charge >= 0.3 is 0 Å². The summed E-state index contributed by atoms with van der Waals surface area (Å²) < 4.78 is 0. The molecular weight excluding hydrogens is 244 g/mol. The summed E-state index contributed by atoms with van der Waals surface area (Å²) in [6.07, 6.45) is 10.0. The molecule has 0 aromatic carbocycles. The number of nitrogens with one attached hydrogen (secondary N) is 1. The van der Waals surface area contributed by atoms with Gasteiger partial charge in [-0.1, -0.05) is 59.8 Å². The second-order valence-electron chi connectivity index (χ2n) is 7.55. The summed E-state index contributed by atoms with van der Waals surface area (Å²) >= 11 is 0. The van der Waals surface area contributed by atoms with E-state index in [2.05, 4.69) is 37.9 Å². The molecule has 1 heterocycles. The Morgan fingerprint density at radius 2 is 1.70 bits per heavy atom. The van der Waals surface area contributed by atoms with Gasteiger partial charge in [-0.25, -0.2) is 0 Å². The van der Waals surface area contributed by atoms with Gasteiger partial charge < -0.3 is 5.32 Å². The van der Waals surface area contributed by atoms with E-state index in [1.807, 2.05) is 0 Å². The molecule has 0 bridgehead atoms. The minimum Gasteiger partial charge on any atom is -0.311 e. The summed E-state index contributed by atoms with van der Waals surface area (Å²) in [6, 6.07) is 2.32. The molecule has 0 amide bonds. The molecule has 1 N–H and O–H groups in total. The Hall–Kier alpha value is -0.0800. The minimum atomic E-state index is 0.693. The van der Waals surface area contributed by atoms with E-state index in [1.165, 1.54) is 58.0 Å². The van der Waals surface area contributed by atoms with Gasteiger partial charge in [-0.3, -0.25) is 4.90 Å². The van der Waals surface area contributed by atoms with Gasteiger partial charge in [0.1, 0.15) is 0 Å². The molecule has 2 rings (SSSR count). The third-order valence-corrected chi connectivity index (χ3v) is 5.82. The van der Waals surface area contributed by atoms with Crippen LogP contribution in [0.15, 0.2) is 0 Å². The van der Waals surface area contributed by atoms with E-state index in [0.717, 1.165) is 23.9 Å². The van der Waals surface area contributed by atoms with E-state index in [-0.39, 0.29) is 0 Å². The lowest BCUT2D eigenvalue weighted by Gasteiger charge is -2.48. The fourth-order valence-corrected chi connectivity index (χ4v) is 4.07. The molecule has 1 saturated carbocycles. The van der Waals surface area contributed by atoms with Gasteiger partial charge in [0, 0.05) is 31.2 Å². The molecule has 0 spiro atoms. The van der Waals surface area contributed by atoms with E-state index in [1.54, 1.807) is 0 Å². The largest absolute Gasteiger partial charge is 0.311 e. The van der Waals surface area contributed by atoms with Crippen LogP contribution in [0.2, 0.25) is 0 Å². The lowest BCUT2D eigenvalue weighted by molar-refractivity contribution is 0.0344. The average molecular weight is 280 g/mol. The van der Waals surface area contributed by atoms with E-state index < -0.39 is 0 Å². The monoisotopic (exact) mass is 280 g/mol. The quantitative estimate of drug-likeness (QED) is 0.781. The Morgan fingerprint density at radius 3 is 2.25 bits per heavy atom. The molecule has 2 nitrogen and oxygen atoms in total. The fourth-order valence-electron chi connectivity index (χ4n) is 4.07. The molecule has 3 atom stereocenters. The molecule has 20 heavy (non-hydrogen) atoms. The highest BCUT2D eigenvalue weighted by Gasteiger charge is 2.35. The zero-order chi connectivity index (χ0) is 14.5. The third-order valence-electron chi connectivity index (χ3n) is 5.82. The van der Waals surface area contributed by atoms with Crippen LogP contribution in [-0.2, 0) is 0 Å². The van der Waals surface area contributed by atoms with Crippen molar-refractivity contribution in [2.75, 3.05) is 13.1 Å². The molecule has 2 aliphatic rings. The molecule has 2 heteroatoms. The maximum absolute atomic E-state index is 3.83. The molecule has 118 valence electrons. The zero-order valence-corrected chi connectivity index (χ0v) is 14.2. The fraction of sp³-hybridized carbons (Fsp3) is 1.00. The summed E-state index contributed by atoms with van der Waals surface area (Å²) in [6.45, 7) is 12.0. The Labute approximate surface area is 126 Å². The second-order valence-corrected chi connectivity index (χ2v) is 7.55. The van der Waals surface area contributed by atoms with Crippen LogP contribution in [0.5, 0.6) is 0 Å². The Bertz CT molecular complexity index is 269. The predicted molar refractivity (Wildman–Crippen MR) is 88.1 cm³/mol. The molecular formula is C18H36N2. The van der Waals surface area contributed by atoms with Crippen LogP contribution in [0.25, 0.3) is 0 Å². The lowest BCUT2D eigenvalue weighted by Crippen LogP contribution is -2.62. The number of hydrogen-bond acceptors (Lipinski definition) is 2.